The van der Waals surface area contributed by atoms with Crippen LogP contribution < -0.4 is 5.73 Å². The van der Waals surface area contributed by atoms with Crippen LogP contribution in [0.1, 0.15) is 32.6 Å². The lowest BCUT2D eigenvalue weighted by Crippen LogP contribution is -2.40. The average molecular weight is 250 g/mol. The van der Waals surface area contributed by atoms with Crippen molar-refractivity contribution in [3.63, 3.8) is 0 Å². The first kappa shape index (κ1) is 14.5. The minimum Gasteiger partial charge on any atom is -0.327 e. The highest BCUT2D eigenvalue weighted by Crippen LogP contribution is 2.30. The molecule has 1 unspecified atom stereocenters. The number of alkyl halides is 3. The van der Waals surface area contributed by atoms with Gasteiger partial charge < -0.3 is 5.73 Å². The minimum absolute atomic E-state index is 0.0794. The Morgan fingerprint density at radius 1 is 1.47 bits per heavy atom. The summed E-state index contributed by atoms with van der Waals surface area (Å²) in [6, 6.07) is 0.0794. The van der Waals surface area contributed by atoms with Gasteiger partial charge in [-0.1, -0.05) is 25.8 Å². The highest BCUT2D eigenvalue weighted by molar-refractivity contribution is 5.13. The van der Waals surface area contributed by atoms with Crippen LogP contribution in [-0.2, 0) is 0 Å². The highest BCUT2D eigenvalue weighted by atomic mass is 19.4. The van der Waals surface area contributed by atoms with E-state index in [0.29, 0.717) is 19.6 Å². The Balaban J connectivity index is 2.34. The van der Waals surface area contributed by atoms with E-state index in [-0.39, 0.29) is 12.5 Å². The maximum absolute atomic E-state index is 12.4. The van der Waals surface area contributed by atoms with Crippen LogP contribution in [0.4, 0.5) is 13.2 Å². The van der Waals surface area contributed by atoms with Crippen LogP contribution in [0.25, 0.3) is 0 Å². The first-order valence-corrected chi connectivity index (χ1v) is 6.17. The Morgan fingerprint density at radius 3 is 2.65 bits per heavy atom. The smallest absolute Gasteiger partial charge is 0.327 e. The van der Waals surface area contributed by atoms with Gasteiger partial charge in [0.1, 0.15) is 0 Å². The van der Waals surface area contributed by atoms with Crippen LogP contribution in [0, 0.1) is 0 Å². The molecular weight excluding hydrogens is 229 g/mol. The van der Waals surface area contributed by atoms with Crippen molar-refractivity contribution >= 4 is 0 Å². The quantitative estimate of drug-likeness (QED) is 0.760. The van der Waals surface area contributed by atoms with Gasteiger partial charge in [-0.05, 0) is 12.8 Å². The fourth-order valence-electron chi connectivity index (χ4n) is 2.02. The molecule has 1 aliphatic rings. The standard InChI is InChI=1S/C12H21F3N2/c1-2-3-4-11(16)9-17-7-5-10(6-8-17)12(13,14)15/h5,11H,2-4,6-9,16H2,1H3. The Morgan fingerprint density at radius 2 is 2.18 bits per heavy atom. The summed E-state index contributed by atoms with van der Waals surface area (Å²) in [7, 11) is 0. The second kappa shape index (κ2) is 6.40. The lowest BCUT2D eigenvalue weighted by molar-refractivity contribution is -0.0960. The van der Waals surface area contributed by atoms with E-state index in [4.69, 9.17) is 5.73 Å². The third kappa shape index (κ3) is 5.08. The van der Waals surface area contributed by atoms with E-state index in [1.54, 1.807) is 0 Å². The molecule has 0 bridgehead atoms. The molecule has 0 saturated carbocycles. The van der Waals surface area contributed by atoms with E-state index in [0.717, 1.165) is 19.3 Å². The molecule has 100 valence electrons. The fourth-order valence-corrected chi connectivity index (χ4v) is 2.02. The summed E-state index contributed by atoms with van der Waals surface area (Å²) in [4.78, 5) is 2.00. The van der Waals surface area contributed by atoms with Crippen molar-refractivity contribution in [2.75, 3.05) is 19.6 Å². The molecule has 0 aliphatic carbocycles. The number of hydrogen-bond donors (Lipinski definition) is 1. The van der Waals surface area contributed by atoms with Gasteiger partial charge in [0, 0.05) is 31.2 Å². The molecule has 1 atom stereocenters. The lowest BCUT2D eigenvalue weighted by Gasteiger charge is -2.29. The second-order valence-electron chi connectivity index (χ2n) is 4.64. The second-order valence-corrected chi connectivity index (χ2v) is 4.64. The molecule has 2 N–H and O–H groups in total. The zero-order valence-electron chi connectivity index (χ0n) is 10.3. The van der Waals surface area contributed by atoms with Gasteiger partial charge in [0.2, 0.25) is 0 Å². The summed E-state index contributed by atoms with van der Waals surface area (Å²) in [6.07, 6.45) is 0.351. The normalized spacial score (nSPS) is 20.2. The van der Waals surface area contributed by atoms with Crippen molar-refractivity contribution in [1.82, 2.24) is 4.90 Å². The van der Waals surface area contributed by atoms with Crippen LogP contribution >= 0.6 is 0 Å². The molecule has 0 spiro atoms. The van der Waals surface area contributed by atoms with E-state index in [1.807, 2.05) is 4.90 Å². The summed E-state index contributed by atoms with van der Waals surface area (Å²) >= 11 is 0. The lowest BCUT2D eigenvalue weighted by atomic mass is 10.1. The van der Waals surface area contributed by atoms with Gasteiger partial charge >= 0.3 is 6.18 Å². The average Bonchev–Trinajstić information content (AvgIpc) is 2.26. The number of nitrogens with zero attached hydrogens (tertiary/aromatic N) is 1. The summed E-state index contributed by atoms with van der Waals surface area (Å²) in [5, 5.41) is 0. The number of rotatable bonds is 5. The predicted octanol–water partition coefficient (Wildman–Crippen LogP) is 2.70. The minimum atomic E-state index is -4.16. The van der Waals surface area contributed by atoms with Crippen LogP contribution in [0.3, 0.4) is 0 Å². The molecule has 0 saturated heterocycles. The Labute approximate surface area is 101 Å². The molecule has 0 amide bonds. The molecule has 0 aromatic carbocycles. The number of unbranched alkanes of at least 4 members (excludes halogenated alkanes) is 1. The molecule has 5 heteroatoms. The van der Waals surface area contributed by atoms with Gasteiger partial charge in [-0.25, -0.2) is 0 Å². The Kier molecular flexibility index (Phi) is 5.46. The molecule has 1 aliphatic heterocycles. The summed E-state index contributed by atoms with van der Waals surface area (Å²) in [5.74, 6) is 0. The van der Waals surface area contributed by atoms with E-state index in [9.17, 15) is 13.2 Å². The number of nitrogens with two attached hydrogens (primary N) is 1. The third-order valence-corrected chi connectivity index (χ3v) is 3.08. The molecule has 0 aromatic heterocycles. The van der Waals surface area contributed by atoms with E-state index in [1.165, 1.54) is 6.08 Å². The zero-order valence-corrected chi connectivity index (χ0v) is 10.3. The summed E-state index contributed by atoms with van der Waals surface area (Å²) in [6.45, 7) is 3.63. The monoisotopic (exact) mass is 250 g/mol. The van der Waals surface area contributed by atoms with Gasteiger partial charge in [0.05, 0.1) is 0 Å². The maximum Gasteiger partial charge on any atom is 0.412 e. The molecule has 0 aromatic rings. The first-order valence-electron chi connectivity index (χ1n) is 6.17. The van der Waals surface area contributed by atoms with Crippen molar-refractivity contribution in [3.8, 4) is 0 Å². The molecule has 1 heterocycles. The summed E-state index contributed by atoms with van der Waals surface area (Å²) < 4.78 is 37.2. The maximum atomic E-state index is 12.4. The van der Waals surface area contributed by atoms with Gasteiger partial charge in [-0.3, -0.25) is 4.90 Å². The van der Waals surface area contributed by atoms with E-state index >= 15 is 0 Å². The van der Waals surface area contributed by atoms with Crippen molar-refractivity contribution in [2.24, 2.45) is 5.73 Å². The van der Waals surface area contributed by atoms with Crippen LogP contribution in [0.2, 0.25) is 0 Å². The molecule has 0 fully saturated rings. The van der Waals surface area contributed by atoms with Crippen molar-refractivity contribution in [3.05, 3.63) is 11.6 Å². The van der Waals surface area contributed by atoms with Gasteiger partial charge in [0.15, 0.2) is 0 Å². The van der Waals surface area contributed by atoms with E-state index < -0.39 is 11.7 Å². The largest absolute Gasteiger partial charge is 0.412 e. The first-order chi connectivity index (χ1) is 7.93. The number of halogens is 3. The molecule has 17 heavy (non-hydrogen) atoms. The van der Waals surface area contributed by atoms with Gasteiger partial charge in [-0.2, -0.15) is 13.2 Å². The van der Waals surface area contributed by atoms with Crippen molar-refractivity contribution in [1.29, 1.82) is 0 Å². The van der Waals surface area contributed by atoms with E-state index in [2.05, 4.69) is 6.92 Å². The zero-order chi connectivity index (χ0) is 12.9. The van der Waals surface area contributed by atoms with Gasteiger partial charge in [0.25, 0.3) is 0 Å². The molecule has 2 nitrogen and oxygen atoms in total. The Hall–Kier alpha value is -0.550. The topological polar surface area (TPSA) is 29.3 Å². The van der Waals surface area contributed by atoms with Crippen molar-refractivity contribution in [2.45, 2.75) is 44.8 Å². The molecule has 1 rings (SSSR count). The Bertz CT molecular complexity index is 261. The number of hydrogen-bond acceptors (Lipinski definition) is 2. The molecular formula is C12H21F3N2. The SMILES string of the molecule is CCCCC(N)CN1CC=C(C(F)(F)F)CC1. The van der Waals surface area contributed by atoms with Crippen LogP contribution in [0.5, 0.6) is 0 Å². The molecule has 0 radical (unpaired) electrons. The van der Waals surface area contributed by atoms with Crippen LogP contribution in [0.15, 0.2) is 11.6 Å². The fraction of sp³-hybridized carbons (Fsp3) is 0.833. The summed E-state index contributed by atoms with van der Waals surface area (Å²) in [5.41, 5.74) is 5.53. The van der Waals surface area contributed by atoms with Crippen LogP contribution in [-0.4, -0.2) is 36.8 Å². The third-order valence-electron chi connectivity index (χ3n) is 3.08. The van der Waals surface area contributed by atoms with Gasteiger partial charge in [-0.15, -0.1) is 0 Å². The van der Waals surface area contributed by atoms with Crippen molar-refractivity contribution < 1.29 is 13.2 Å². The predicted molar refractivity (Wildman–Crippen MR) is 62.7 cm³/mol. The highest BCUT2D eigenvalue weighted by Gasteiger charge is 2.34.